The van der Waals surface area contributed by atoms with Crippen LogP contribution in [0.4, 0.5) is 11.5 Å². The molecule has 0 aliphatic carbocycles. The standard InChI is InChI=1S/C24H25N5O3/c1-32-14-13-28(16-19-10-5-9-18-11-6-12-26-20(18)19)21-22(25)29(24(31)27-23(21)30)15-17-7-3-2-4-8-17/h2-12H,13-16,25H2,1H3,(H,27,30,31). The Balaban J connectivity index is 1.78. The Labute approximate surface area is 184 Å². The Morgan fingerprint density at radius 2 is 1.84 bits per heavy atom. The molecule has 0 unspecified atom stereocenters. The number of anilines is 2. The zero-order chi connectivity index (χ0) is 22.5. The van der Waals surface area contributed by atoms with Crippen LogP contribution >= 0.6 is 0 Å². The Kier molecular flexibility index (Phi) is 6.32. The summed E-state index contributed by atoms with van der Waals surface area (Å²) in [6.07, 6.45) is 1.74. The van der Waals surface area contributed by atoms with Gasteiger partial charge in [0.15, 0.2) is 0 Å². The van der Waals surface area contributed by atoms with Gasteiger partial charge in [0.25, 0.3) is 5.56 Å². The van der Waals surface area contributed by atoms with Gasteiger partial charge in [-0.25, -0.2) is 4.79 Å². The summed E-state index contributed by atoms with van der Waals surface area (Å²) >= 11 is 0. The smallest absolute Gasteiger partial charge is 0.330 e. The Bertz CT molecular complexity index is 1330. The number of nitrogens with zero attached hydrogens (tertiary/aromatic N) is 3. The average molecular weight is 431 g/mol. The largest absolute Gasteiger partial charge is 0.383 e. The number of pyridine rings is 1. The van der Waals surface area contributed by atoms with E-state index in [0.717, 1.165) is 22.0 Å². The first kappa shape index (κ1) is 21.3. The van der Waals surface area contributed by atoms with Crippen molar-refractivity contribution in [3.8, 4) is 0 Å². The number of nitrogens with one attached hydrogen (secondary N) is 1. The second kappa shape index (κ2) is 9.49. The van der Waals surface area contributed by atoms with Gasteiger partial charge in [-0.3, -0.25) is 19.3 Å². The molecule has 0 spiro atoms. The SMILES string of the molecule is COCCN(Cc1cccc2cccnc12)c1c(N)n(Cc2ccccc2)c(=O)[nH]c1=O. The molecule has 0 saturated heterocycles. The minimum Gasteiger partial charge on any atom is -0.383 e. The molecule has 2 heterocycles. The lowest BCUT2D eigenvalue weighted by atomic mass is 10.1. The number of hydrogen-bond donors (Lipinski definition) is 2. The topological polar surface area (TPSA) is 106 Å². The summed E-state index contributed by atoms with van der Waals surface area (Å²) in [5.41, 5.74) is 8.29. The summed E-state index contributed by atoms with van der Waals surface area (Å²) in [6, 6.07) is 19.3. The number of para-hydroxylation sites is 1. The number of ether oxygens (including phenoxy) is 1. The fourth-order valence-corrected chi connectivity index (χ4v) is 3.78. The third-order valence-electron chi connectivity index (χ3n) is 5.36. The van der Waals surface area contributed by atoms with Crippen LogP contribution in [0.2, 0.25) is 0 Å². The second-order valence-electron chi connectivity index (χ2n) is 7.47. The van der Waals surface area contributed by atoms with Crippen LogP contribution in [0.3, 0.4) is 0 Å². The summed E-state index contributed by atoms with van der Waals surface area (Å²) in [4.78, 5) is 34.2. The number of benzene rings is 2. The van der Waals surface area contributed by atoms with Crippen LogP contribution in [0.5, 0.6) is 0 Å². The highest BCUT2D eigenvalue weighted by Crippen LogP contribution is 2.23. The van der Waals surface area contributed by atoms with E-state index >= 15 is 0 Å². The first-order valence-electron chi connectivity index (χ1n) is 10.3. The van der Waals surface area contributed by atoms with E-state index in [-0.39, 0.29) is 18.1 Å². The third-order valence-corrected chi connectivity index (χ3v) is 5.36. The number of H-pyrrole nitrogens is 1. The number of rotatable bonds is 8. The summed E-state index contributed by atoms with van der Waals surface area (Å²) in [5.74, 6) is 0.118. The van der Waals surface area contributed by atoms with Gasteiger partial charge in [0, 0.05) is 31.8 Å². The molecular weight excluding hydrogens is 406 g/mol. The predicted octanol–water partition coefficient (Wildman–Crippen LogP) is 2.37. The summed E-state index contributed by atoms with van der Waals surface area (Å²) in [6.45, 7) is 1.43. The molecule has 4 rings (SSSR count). The monoisotopic (exact) mass is 431 g/mol. The molecule has 2 aromatic carbocycles. The van der Waals surface area contributed by atoms with Crippen LogP contribution in [0.25, 0.3) is 10.9 Å². The zero-order valence-corrected chi connectivity index (χ0v) is 17.8. The molecule has 8 nitrogen and oxygen atoms in total. The Morgan fingerprint density at radius 1 is 1.06 bits per heavy atom. The molecule has 0 bridgehead atoms. The fraction of sp³-hybridized carbons (Fsp3) is 0.208. The van der Waals surface area contributed by atoms with Crippen molar-refractivity contribution in [3.05, 3.63) is 98.8 Å². The van der Waals surface area contributed by atoms with E-state index in [1.165, 1.54) is 4.57 Å². The van der Waals surface area contributed by atoms with Crippen LogP contribution < -0.4 is 21.9 Å². The molecule has 164 valence electrons. The lowest BCUT2D eigenvalue weighted by Gasteiger charge is -2.26. The molecule has 2 aromatic heterocycles. The molecule has 0 aliphatic rings. The number of methoxy groups -OCH3 is 1. The van der Waals surface area contributed by atoms with E-state index in [4.69, 9.17) is 10.5 Å². The minimum atomic E-state index is -0.543. The quantitative estimate of drug-likeness (QED) is 0.444. The molecule has 4 aromatic rings. The summed E-state index contributed by atoms with van der Waals surface area (Å²) in [5, 5.41) is 1.01. The molecular formula is C24H25N5O3. The van der Waals surface area contributed by atoms with Crippen molar-refractivity contribution < 1.29 is 4.74 Å². The normalized spacial score (nSPS) is 11.0. The first-order chi connectivity index (χ1) is 15.6. The van der Waals surface area contributed by atoms with Crippen molar-refractivity contribution in [2.75, 3.05) is 30.9 Å². The predicted molar refractivity (Wildman–Crippen MR) is 126 cm³/mol. The average Bonchev–Trinajstić information content (AvgIpc) is 2.81. The number of nitrogens with two attached hydrogens (primary N) is 1. The Morgan fingerprint density at radius 3 is 2.62 bits per heavy atom. The van der Waals surface area contributed by atoms with Crippen LogP contribution in [-0.4, -0.2) is 34.8 Å². The molecule has 8 heteroatoms. The van der Waals surface area contributed by atoms with Crippen molar-refractivity contribution in [2.24, 2.45) is 0 Å². The van der Waals surface area contributed by atoms with E-state index in [2.05, 4.69) is 9.97 Å². The summed E-state index contributed by atoms with van der Waals surface area (Å²) < 4.78 is 6.65. The maximum atomic E-state index is 12.9. The third kappa shape index (κ3) is 4.40. The lowest BCUT2D eigenvalue weighted by Crippen LogP contribution is -2.39. The number of hydrogen-bond acceptors (Lipinski definition) is 6. The van der Waals surface area contributed by atoms with Crippen LogP contribution in [-0.2, 0) is 17.8 Å². The Hall–Kier alpha value is -3.91. The van der Waals surface area contributed by atoms with Gasteiger partial charge < -0.3 is 15.4 Å². The van der Waals surface area contributed by atoms with Gasteiger partial charge in [0.2, 0.25) is 0 Å². The van der Waals surface area contributed by atoms with Gasteiger partial charge >= 0.3 is 5.69 Å². The zero-order valence-electron chi connectivity index (χ0n) is 17.8. The molecule has 0 fully saturated rings. The fourth-order valence-electron chi connectivity index (χ4n) is 3.78. The van der Waals surface area contributed by atoms with E-state index in [1.54, 1.807) is 13.3 Å². The summed E-state index contributed by atoms with van der Waals surface area (Å²) in [7, 11) is 1.60. The molecule has 32 heavy (non-hydrogen) atoms. The van der Waals surface area contributed by atoms with Crippen molar-refractivity contribution in [1.29, 1.82) is 0 Å². The van der Waals surface area contributed by atoms with Gasteiger partial charge in [-0.1, -0.05) is 54.6 Å². The van der Waals surface area contributed by atoms with Gasteiger partial charge in [-0.05, 0) is 17.2 Å². The van der Waals surface area contributed by atoms with E-state index in [0.29, 0.717) is 19.7 Å². The van der Waals surface area contributed by atoms with Gasteiger partial charge in [0.05, 0.1) is 18.7 Å². The van der Waals surface area contributed by atoms with E-state index in [1.807, 2.05) is 65.6 Å². The first-order valence-corrected chi connectivity index (χ1v) is 10.3. The highest BCUT2D eigenvalue weighted by molar-refractivity contribution is 5.82. The van der Waals surface area contributed by atoms with Gasteiger partial charge in [0.1, 0.15) is 11.5 Å². The van der Waals surface area contributed by atoms with E-state index in [9.17, 15) is 9.59 Å². The van der Waals surface area contributed by atoms with Crippen molar-refractivity contribution in [3.63, 3.8) is 0 Å². The van der Waals surface area contributed by atoms with Crippen molar-refractivity contribution in [2.45, 2.75) is 13.1 Å². The number of aromatic amines is 1. The molecule has 0 radical (unpaired) electrons. The number of fused-ring (bicyclic) bond motifs is 1. The maximum Gasteiger partial charge on any atom is 0.330 e. The molecule has 0 aliphatic heterocycles. The molecule has 0 saturated carbocycles. The molecule has 3 N–H and O–H groups in total. The highest BCUT2D eigenvalue weighted by Gasteiger charge is 2.20. The van der Waals surface area contributed by atoms with Crippen LogP contribution in [0.1, 0.15) is 11.1 Å². The van der Waals surface area contributed by atoms with Crippen LogP contribution in [0.15, 0.2) is 76.4 Å². The molecule has 0 atom stereocenters. The minimum absolute atomic E-state index is 0.118. The van der Waals surface area contributed by atoms with Gasteiger partial charge in [-0.15, -0.1) is 0 Å². The van der Waals surface area contributed by atoms with Crippen molar-refractivity contribution in [1.82, 2.24) is 14.5 Å². The molecule has 0 amide bonds. The van der Waals surface area contributed by atoms with Gasteiger partial charge in [-0.2, -0.15) is 0 Å². The number of aromatic nitrogens is 3. The number of nitrogen functional groups attached to an aromatic ring is 1. The van der Waals surface area contributed by atoms with E-state index < -0.39 is 11.2 Å². The van der Waals surface area contributed by atoms with Crippen LogP contribution in [0, 0.1) is 0 Å². The highest BCUT2D eigenvalue weighted by atomic mass is 16.5. The lowest BCUT2D eigenvalue weighted by molar-refractivity contribution is 0.205. The van der Waals surface area contributed by atoms with Crippen molar-refractivity contribution >= 4 is 22.4 Å². The second-order valence-corrected chi connectivity index (χ2v) is 7.47. The maximum absolute atomic E-state index is 12.9.